The molecule has 1 amide bonds. The standard InChI is InChI=1S/C24H20FN3O5/c1-30-21-13-7-4-10-18(21)26-22(29)14-31-19-11-5-2-8-16(19)24-27-23(33-28-24)15-32-20-12-6-3-9-17(20)25/h2-13H,14-15H2,1H3,(H,26,29). The summed E-state index contributed by atoms with van der Waals surface area (Å²) >= 11 is 0. The summed E-state index contributed by atoms with van der Waals surface area (Å²) in [6.07, 6.45) is 0. The molecule has 1 heterocycles. The lowest BCUT2D eigenvalue weighted by Gasteiger charge is -2.11. The minimum Gasteiger partial charge on any atom is -0.495 e. The van der Waals surface area contributed by atoms with Crippen LogP contribution in [0, 0.1) is 5.82 Å². The number of para-hydroxylation sites is 4. The summed E-state index contributed by atoms with van der Waals surface area (Å²) < 4.78 is 35.2. The number of methoxy groups -OCH3 is 1. The Morgan fingerprint density at radius 3 is 2.42 bits per heavy atom. The summed E-state index contributed by atoms with van der Waals surface area (Å²) in [6.45, 7) is -0.339. The zero-order chi connectivity index (χ0) is 23.0. The van der Waals surface area contributed by atoms with Gasteiger partial charge in [0.2, 0.25) is 5.82 Å². The van der Waals surface area contributed by atoms with Crippen LogP contribution in [0.4, 0.5) is 10.1 Å². The Balaban J connectivity index is 1.40. The van der Waals surface area contributed by atoms with Gasteiger partial charge in [-0.1, -0.05) is 41.6 Å². The van der Waals surface area contributed by atoms with Crippen molar-refractivity contribution in [2.24, 2.45) is 0 Å². The SMILES string of the molecule is COc1ccccc1NC(=O)COc1ccccc1-c1noc(COc2ccccc2F)n1. The van der Waals surface area contributed by atoms with E-state index in [2.05, 4.69) is 15.5 Å². The predicted octanol–water partition coefficient (Wildman–Crippen LogP) is 4.48. The summed E-state index contributed by atoms with van der Waals surface area (Å²) in [5, 5.41) is 6.69. The number of hydrogen-bond acceptors (Lipinski definition) is 7. The van der Waals surface area contributed by atoms with Gasteiger partial charge in [0.05, 0.1) is 18.4 Å². The fourth-order valence-corrected chi connectivity index (χ4v) is 2.98. The van der Waals surface area contributed by atoms with Crippen LogP contribution >= 0.6 is 0 Å². The van der Waals surface area contributed by atoms with Gasteiger partial charge in [0.25, 0.3) is 11.8 Å². The van der Waals surface area contributed by atoms with Crippen LogP contribution in [0.1, 0.15) is 5.89 Å². The Hall–Kier alpha value is -4.40. The van der Waals surface area contributed by atoms with E-state index in [1.807, 2.05) is 6.07 Å². The normalized spacial score (nSPS) is 10.5. The van der Waals surface area contributed by atoms with E-state index in [-0.39, 0.29) is 36.6 Å². The molecule has 8 nitrogen and oxygen atoms in total. The number of nitrogens with one attached hydrogen (secondary N) is 1. The van der Waals surface area contributed by atoms with Gasteiger partial charge in [-0.05, 0) is 36.4 Å². The molecule has 4 rings (SSSR count). The highest BCUT2D eigenvalue weighted by molar-refractivity contribution is 5.93. The van der Waals surface area contributed by atoms with E-state index in [1.165, 1.54) is 19.2 Å². The third-order valence-electron chi connectivity index (χ3n) is 4.52. The van der Waals surface area contributed by atoms with Crippen LogP contribution in [0.2, 0.25) is 0 Å². The van der Waals surface area contributed by atoms with Gasteiger partial charge in [-0.15, -0.1) is 0 Å². The average molecular weight is 449 g/mol. The molecule has 0 saturated heterocycles. The van der Waals surface area contributed by atoms with Crippen LogP contribution in [0.3, 0.4) is 0 Å². The zero-order valence-electron chi connectivity index (χ0n) is 17.7. The first-order valence-corrected chi connectivity index (χ1v) is 9.99. The van der Waals surface area contributed by atoms with E-state index in [1.54, 1.807) is 54.6 Å². The highest BCUT2D eigenvalue weighted by atomic mass is 19.1. The third kappa shape index (κ3) is 5.45. The molecule has 0 aliphatic rings. The first-order valence-electron chi connectivity index (χ1n) is 9.99. The number of carbonyl (C=O) groups excluding carboxylic acids is 1. The maximum atomic E-state index is 13.7. The highest BCUT2D eigenvalue weighted by Crippen LogP contribution is 2.28. The van der Waals surface area contributed by atoms with Crippen molar-refractivity contribution in [1.82, 2.24) is 10.1 Å². The third-order valence-corrected chi connectivity index (χ3v) is 4.52. The maximum Gasteiger partial charge on any atom is 0.264 e. The monoisotopic (exact) mass is 449 g/mol. The van der Waals surface area contributed by atoms with E-state index >= 15 is 0 Å². The largest absolute Gasteiger partial charge is 0.495 e. The Morgan fingerprint density at radius 2 is 1.64 bits per heavy atom. The van der Waals surface area contributed by atoms with Crippen LogP contribution in [0.15, 0.2) is 77.3 Å². The van der Waals surface area contributed by atoms with Crippen molar-refractivity contribution in [2.75, 3.05) is 19.0 Å². The number of halogens is 1. The number of rotatable bonds is 9. The molecule has 4 aromatic rings. The van der Waals surface area contributed by atoms with E-state index in [9.17, 15) is 9.18 Å². The van der Waals surface area contributed by atoms with Gasteiger partial charge in [-0.25, -0.2) is 4.39 Å². The van der Waals surface area contributed by atoms with E-state index in [4.69, 9.17) is 18.7 Å². The van der Waals surface area contributed by atoms with Crippen molar-refractivity contribution in [3.8, 4) is 28.6 Å². The van der Waals surface area contributed by atoms with E-state index in [0.29, 0.717) is 22.7 Å². The maximum absolute atomic E-state index is 13.7. The first-order chi connectivity index (χ1) is 16.1. The Morgan fingerprint density at radius 1 is 0.939 bits per heavy atom. The molecule has 168 valence electrons. The molecule has 0 atom stereocenters. The Bertz CT molecular complexity index is 1240. The van der Waals surface area contributed by atoms with Gasteiger partial charge < -0.3 is 24.1 Å². The summed E-state index contributed by atoms with van der Waals surface area (Å²) in [6, 6.07) is 20.1. The van der Waals surface area contributed by atoms with Crippen LogP contribution in [-0.2, 0) is 11.4 Å². The first kappa shape index (κ1) is 21.8. The van der Waals surface area contributed by atoms with Crippen LogP contribution in [-0.4, -0.2) is 29.8 Å². The number of amides is 1. The molecular weight excluding hydrogens is 429 g/mol. The lowest BCUT2D eigenvalue weighted by atomic mass is 10.2. The van der Waals surface area contributed by atoms with Crippen molar-refractivity contribution in [1.29, 1.82) is 0 Å². The van der Waals surface area contributed by atoms with Gasteiger partial charge in [0.15, 0.2) is 24.8 Å². The summed E-state index contributed by atoms with van der Waals surface area (Å²) in [5.74, 6) is 0.601. The van der Waals surface area contributed by atoms with Crippen LogP contribution in [0.25, 0.3) is 11.4 Å². The second kappa shape index (κ2) is 10.3. The topological polar surface area (TPSA) is 95.7 Å². The molecule has 0 aliphatic heterocycles. The van der Waals surface area contributed by atoms with Crippen molar-refractivity contribution in [3.05, 3.63) is 84.5 Å². The molecule has 0 bridgehead atoms. The molecule has 0 spiro atoms. The van der Waals surface area contributed by atoms with E-state index < -0.39 is 5.82 Å². The molecule has 1 N–H and O–H groups in total. The average Bonchev–Trinajstić information content (AvgIpc) is 3.32. The van der Waals surface area contributed by atoms with Crippen molar-refractivity contribution in [3.63, 3.8) is 0 Å². The quantitative estimate of drug-likeness (QED) is 0.402. The minimum absolute atomic E-state index is 0.0852. The Kier molecular flexibility index (Phi) is 6.79. The molecular formula is C24H20FN3O5. The fourth-order valence-electron chi connectivity index (χ4n) is 2.98. The Labute approximate surface area is 188 Å². The molecule has 9 heteroatoms. The molecule has 1 aromatic heterocycles. The van der Waals surface area contributed by atoms with Crippen molar-refractivity contribution >= 4 is 11.6 Å². The molecule has 0 unspecified atom stereocenters. The number of carbonyl (C=O) groups is 1. The van der Waals surface area contributed by atoms with E-state index in [0.717, 1.165) is 0 Å². The van der Waals surface area contributed by atoms with Crippen LogP contribution < -0.4 is 19.5 Å². The number of nitrogens with zero attached hydrogens (tertiary/aromatic N) is 2. The fraction of sp³-hybridized carbons (Fsp3) is 0.125. The van der Waals surface area contributed by atoms with Crippen molar-refractivity contribution in [2.45, 2.75) is 6.61 Å². The zero-order valence-corrected chi connectivity index (χ0v) is 17.7. The molecule has 0 radical (unpaired) electrons. The van der Waals surface area contributed by atoms with Gasteiger partial charge in [0, 0.05) is 0 Å². The van der Waals surface area contributed by atoms with Crippen LogP contribution in [0.5, 0.6) is 17.2 Å². The molecule has 0 aliphatic carbocycles. The molecule has 33 heavy (non-hydrogen) atoms. The minimum atomic E-state index is -0.484. The lowest BCUT2D eigenvalue weighted by Crippen LogP contribution is -2.20. The highest BCUT2D eigenvalue weighted by Gasteiger charge is 2.16. The summed E-state index contributed by atoms with van der Waals surface area (Å²) in [4.78, 5) is 16.6. The summed E-state index contributed by atoms with van der Waals surface area (Å²) in [5.41, 5.74) is 1.07. The molecule has 0 saturated carbocycles. The number of ether oxygens (including phenoxy) is 3. The number of anilines is 1. The van der Waals surface area contributed by atoms with Gasteiger partial charge in [0.1, 0.15) is 11.5 Å². The predicted molar refractivity (Wildman–Crippen MR) is 118 cm³/mol. The summed E-state index contributed by atoms with van der Waals surface area (Å²) in [7, 11) is 1.53. The second-order valence-corrected chi connectivity index (χ2v) is 6.76. The van der Waals surface area contributed by atoms with Crippen molar-refractivity contribution < 1.29 is 27.9 Å². The van der Waals surface area contributed by atoms with Gasteiger partial charge >= 0.3 is 0 Å². The van der Waals surface area contributed by atoms with Gasteiger partial charge in [-0.3, -0.25) is 4.79 Å². The number of hydrogen-bond donors (Lipinski definition) is 1. The van der Waals surface area contributed by atoms with Gasteiger partial charge in [-0.2, -0.15) is 4.98 Å². The molecule has 0 fully saturated rings. The number of aromatic nitrogens is 2. The number of benzene rings is 3. The smallest absolute Gasteiger partial charge is 0.264 e. The second-order valence-electron chi connectivity index (χ2n) is 6.76. The molecule has 3 aromatic carbocycles. The lowest BCUT2D eigenvalue weighted by molar-refractivity contribution is -0.118.